The van der Waals surface area contributed by atoms with E-state index in [9.17, 15) is 4.79 Å². The van der Waals surface area contributed by atoms with E-state index in [4.69, 9.17) is 0 Å². The summed E-state index contributed by atoms with van der Waals surface area (Å²) in [4.78, 5) is 16.2. The SMILES string of the molecule is CC(C)n1cc(CCC(=O)NCc2cccnc2)c2ccccc21. The Labute approximate surface area is 142 Å². The molecular weight excluding hydrogens is 298 g/mol. The van der Waals surface area contributed by atoms with Gasteiger partial charge in [-0.2, -0.15) is 0 Å². The van der Waals surface area contributed by atoms with Crippen LogP contribution in [0.25, 0.3) is 10.9 Å². The number of carbonyl (C=O) groups is 1. The first-order valence-corrected chi connectivity index (χ1v) is 8.39. The monoisotopic (exact) mass is 321 g/mol. The smallest absolute Gasteiger partial charge is 0.220 e. The lowest BCUT2D eigenvalue weighted by Crippen LogP contribution is -2.23. The van der Waals surface area contributed by atoms with E-state index < -0.39 is 0 Å². The maximum absolute atomic E-state index is 12.1. The molecule has 24 heavy (non-hydrogen) atoms. The molecule has 0 spiro atoms. The van der Waals surface area contributed by atoms with Gasteiger partial charge < -0.3 is 9.88 Å². The van der Waals surface area contributed by atoms with Gasteiger partial charge in [0.15, 0.2) is 0 Å². The van der Waals surface area contributed by atoms with E-state index >= 15 is 0 Å². The molecule has 1 aromatic carbocycles. The van der Waals surface area contributed by atoms with E-state index in [0.29, 0.717) is 19.0 Å². The highest BCUT2D eigenvalue weighted by Crippen LogP contribution is 2.25. The van der Waals surface area contributed by atoms with Gasteiger partial charge in [0.2, 0.25) is 5.91 Å². The van der Waals surface area contributed by atoms with Crippen molar-refractivity contribution in [3.8, 4) is 0 Å². The lowest BCUT2D eigenvalue weighted by molar-refractivity contribution is -0.121. The predicted molar refractivity (Wildman–Crippen MR) is 96.7 cm³/mol. The number of amides is 1. The van der Waals surface area contributed by atoms with E-state index in [1.807, 2.05) is 12.1 Å². The zero-order chi connectivity index (χ0) is 16.9. The second-order valence-electron chi connectivity index (χ2n) is 6.31. The second kappa shape index (κ2) is 7.30. The maximum Gasteiger partial charge on any atom is 0.220 e. The van der Waals surface area contributed by atoms with Crippen LogP contribution >= 0.6 is 0 Å². The number of hydrogen-bond donors (Lipinski definition) is 1. The molecule has 0 saturated heterocycles. The van der Waals surface area contributed by atoms with Crippen LogP contribution in [0.4, 0.5) is 0 Å². The number of fused-ring (bicyclic) bond motifs is 1. The Balaban J connectivity index is 1.64. The number of nitrogens with zero attached hydrogens (tertiary/aromatic N) is 2. The van der Waals surface area contributed by atoms with Gasteiger partial charge in [-0.1, -0.05) is 24.3 Å². The topological polar surface area (TPSA) is 46.9 Å². The molecule has 3 rings (SSSR count). The molecule has 4 nitrogen and oxygen atoms in total. The fourth-order valence-corrected chi connectivity index (χ4v) is 2.94. The van der Waals surface area contributed by atoms with Crippen LogP contribution in [0, 0.1) is 0 Å². The molecule has 124 valence electrons. The van der Waals surface area contributed by atoms with E-state index in [-0.39, 0.29) is 5.91 Å². The van der Waals surface area contributed by atoms with E-state index in [1.165, 1.54) is 16.5 Å². The van der Waals surface area contributed by atoms with Crippen molar-refractivity contribution in [2.24, 2.45) is 0 Å². The largest absolute Gasteiger partial charge is 0.352 e. The summed E-state index contributed by atoms with van der Waals surface area (Å²) in [5.41, 5.74) is 3.48. The summed E-state index contributed by atoms with van der Waals surface area (Å²) in [6, 6.07) is 12.6. The minimum absolute atomic E-state index is 0.0697. The van der Waals surface area contributed by atoms with Crippen LogP contribution in [-0.4, -0.2) is 15.5 Å². The van der Waals surface area contributed by atoms with Crippen LogP contribution in [0.5, 0.6) is 0 Å². The lowest BCUT2D eigenvalue weighted by Gasteiger charge is -2.08. The molecule has 0 bridgehead atoms. The van der Waals surface area contributed by atoms with Gasteiger partial charge in [-0.25, -0.2) is 0 Å². The van der Waals surface area contributed by atoms with Gasteiger partial charge in [-0.05, 0) is 43.5 Å². The Morgan fingerprint density at radius 1 is 1.21 bits per heavy atom. The Bertz CT molecular complexity index is 821. The molecule has 2 heterocycles. The maximum atomic E-state index is 12.1. The highest BCUT2D eigenvalue weighted by atomic mass is 16.1. The number of carbonyl (C=O) groups excluding carboxylic acids is 1. The summed E-state index contributed by atoms with van der Waals surface area (Å²) >= 11 is 0. The molecule has 3 aromatic rings. The van der Waals surface area contributed by atoms with Crippen LogP contribution in [0.1, 0.15) is 37.4 Å². The predicted octanol–water partition coefficient (Wildman–Crippen LogP) is 3.87. The Morgan fingerprint density at radius 2 is 2.04 bits per heavy atom. The average Bonchev–Trinajstić information content (AvgIpc) is 2.98. The Morgan fingerprint density at radius 3 is 2.79 bits per heavy atom. The van der Waals surface area contributed by atoms with Crippen molar-refractivity contribution in [1.29, 1.82) is 0 Å². The van der Waals surface area contributed by atoms with E-state index in [2.05, 4.69) is 59.2 Å². The molecule has 4 heteroatoms. The fraction of sp³-hybridized carbons (Fsp3) is 0.300. The lowest BCUT2D eigenvalue weighted by atomic mass is 10.1. The first kappa shape index (κ1) is 16.2. The van der Waals surface area contributed by atoms with Gasteiger partial charge in [-0.15, -0.1) is 0 Å². The number of hydrogen-bond acceptors (Lipinski definition) is 2. The van der Waals surface area contributed by atoms with Gasteiger partial charge in [0.25, 0.3) is 0 Å². The summed E-state index contributed by atoms with van der Waals surface area (Å²) in [6.07, 6.45) is 6.93. The highest BCUT2D eigenvalue weighted by molar-refractivity contribution is 5.85. The number of aromatic nitrogens is 2. The van der Waals surface area contributed by atoms with Crippen molar-refractivity contribution >= 4 is 16.8 Å². The fourth-order valence-electron chi connectivity index (χ4n) is 2.94. The van der Waals surface area contributed by atoms with Crippen LogP contribution < -0.4 is 5.32 Å². The zero-order valence-electron chi connectivity index (χ0n) is 14.2. The van der Waals surface area contributed by atoms with Crippen molar-refractivity contribution in [3.63, 3.8) is 0 Å². The van der Waals surface area contributed by atoms with Crippen LogP contribution in [0.2, 0.25) is 0 Å². The van der Waals surface area contributed by atoms with Crippen LogP contribution in [-0.2, 0) is 17.8 Å². The van der Waals surface area contributed by atoms with Gasteiger partial charge in [-0.3, -0.25) is 9.78 Å². The third kappa shape index (κ3) is 3.65. The summed E-state index contributed by atoms with van der Waals surface area (Å²) in [7, 11) is 0. The van der Waals surface area contributed by atoms with Gasteiger partial charge >= 0.3 is 0 Å². The minimum atomic E-state index is 0.0697. The molecule has 0 radical (unpaired) electrons. The number of nitrogens with one attached hydrogen (secondary N) is 1. The molecule has 2 aromatic heterocycles. The summed E-state index contributed by atoms with van der Waals surface area (Å²) in [5.74, 6) is 0.0697. The summed E-state index contributed by atoms with van der Waals surface area (Å²) < 4.78 is 2.28. The first-order valence-electron chi connectivity index (χ1n) is 8.39. The molecule has 0 atom stereocenters. The third-order valence-electron chi connectivity index (χ3n) is 4.21. The Hall–Kier alpha value is -2.62. The van der Waals surface area contributed by atoms with E-state index in [1.54, 1.807) is 12.4 Å². The highest BCUT2D eigenvalue weighted by Gasteiger charge is 2.11. The zero-order valence-corrected chi connectivity index (χ0v) is 14.2. The van der Waals surface area contributed by atoms with Crippen LogP contribution in [0.3, 0.4) is 0 Å². The van der Waals surface area contributed by atoms with Crippen molar-refractivity contribution < 1.29 is 4.79 Å². The second-order valence-corrected chi connectivity index (χ2v) is 6.31. The summed E-state index contributed by atoms with van der Waals surface area (Å²) in [5, 5.41) is 4.20. The van der Waals surface area contributed by atoms with Crippen molar-refractivity contribution in [1.82, 2.24) is 14.9 Å². The van der Waals surface area contributed by atoms with Crippen LogP contribution in [0.15, 0.2) is 55.0 Å². The normalized spacial score (nSPS) is 11.1. The first-order chi connectivity index (χ1) is 11.6. The molecule has 0 unspecified atom stereocenters. The molecule has 1 N–H and O–H groups in total. The molecule has 0 fully saturated rings. The van der Waals surface area contributed by atoms with Gasteiger partial charge in [0.1, 0.15) is 0 Å². The van der Waals surface area contributed by atoms with Gasteiger partial charge in [0.05, 0.1) is 0 Å². The molecule has 1 amide bonds. The summed E-state index contributed by atoms with van der Waals surface area (Å²) in [6.45, 7) is 4.88. The number of pyridine rings is 1. The standard InChI is InChI=1S/C20H23N3O/c1-15(2)23-14-17(18-7-3-4-8-19(18)23)9-10-20(24)22-13-16-6-5-11-21-12-16/h3-8,11-12,14-15H,9-10,13H2,1-2H3,(H,22,24). The average molecular weight is 321 g/mol. The molecule has 0 aliphatic rings. The van der Waals surface area contributed by atoms with Crippen molar-refractivity contribution in [3.05, 3.63) is 66.1 Å². The van der Waals surface area contributed by atoms with Crippen molar-refractivity contribution in [2.75, 3.05) is 0 Å². The molecule has 0 aliphatic heterocycles. The molecular formula is C20H23N3O. The molecule has 0 saturated carbocycles. The van der Waals surface area contributed by atoms with Crippen molar-refractivity contribution in [2.45, 2.75) is 39.3 Å². The van der Waals surface area contributed by atoms with Gasteiger partial charge in [0, 0.05) is 48.5 Å². The number of benzene rings is 1. The quantitative estimate of drug-likeness (QED) is 0.749. The number of rotatable bonds is 6. The number of aryl methyl sites for hydroxylation is 1. The number of para-hydroxylation sites is 1. The van der Waals surface area contributed by atoms with E-state index in [0.717, 1.165) is 12.0 Å². The third-order valence-corrected chi connectivity index (χ3v) is 4.21. The molecule has 0 aliphatic carbocycles. The Kier molecular flexibility index (Phi) is 4.94. The minimum Gasteiger partial charge on any atom is -0.352 e.